The number of imidazole rings is 1. The molecule has 0 radical (unpaired) electrons. The summed E-state index contributed by atoms with van der Waals surface area (Å²) in [4.78, 5) is 31.4. The molecule has 34 heavy (non-hydrogen) atoms. The molecular weight excluding hydrogens is 428 g/mol. The molecule has 0 spiro atoms. The van der Waals surface area contributed by atoms with Gasteiger partial charge in [-0.05, 0) is 67.6 Å². The minimum Gasteiger partial charge on any atom is -0.478 e. The molecule has 0 atom stereocenters. The molecule has 3 aromatic carbocycles. The molecule has 172 valence electrons. The number of anilines is 1. The Morgan fingerprint density at radius 3 is 2.41 bits per heavy atom. The first-order valence-electron chi connectivity index (χ1n) is 11.4. The summed E-state index contributed by atoms with van der Waals surface area (Å²) >= 11 is 0. The lowest BCUT2D eigenvalue weighted by Crippen LogP contribution is -2.32. The summed E-state index contributed by atoms with van der Waals surface area (Å²) in [6, 6.07) is 18.8. The average molecular weight is 455 g/mol. The van der Waals surface area contributed by atoms with Gasteiger partial charge in [-0.1, -0.05) is 36.4 Å². The Morgan fingerprint density at radius 1 is 0.971 bits per heavy atom. The number of aromatic nitrogens is 2. The zero-order valence-corrected chi connectivity index (χ0v) is 19.2. The van der Waals surface area contributed by atoms with Crippen molar-refractivity contribution >= 4 is 28.7 Å². The number of carboxylic acids is 1. The van der Waals surface area contributed by atoms with Gasteiger partial charge in [-0.2, -0.15) is 0 Å². The van der Waals surface area contributed by atoms with Crippen LogP contribution in [0.25, 0.3) is 27.8 Å². The molecule has 1 aromatic heterocycles. The smallest absolute Gasteiger partial charge is 0.336 e. The van der Waals surface area contributed by atoms with Gasteiger partial charge in [-0.3, -0.25) is 4.57 Å². The van der Waals surface area contributed by atoms with Crippen LogP contribution in [0.1, 0.15) is 34.6 Å². The molecule has 0 bridgehead atoms. The molecule has 1 saturated heterocycles. The van der Waals surface area contributed by atoms with Crippen LogP contribution in [0.15, 0.2) is 60.7 Å². The van der Waals surface area contributed by atoms with Crippen LogP contribution >= 0.6 is 0 Å². The Hall–Kier alpha value is -4.13. The van der Waals surface area contributed by atoms with E-state index >= 15 is 0 Å². The van der Waals surface area contributed by atoms with E-state index in [2.05, 4.69) is 10.3 Å². The molecule has 1 aliphatic heterocycles. The fourth-order valence-corrected chi connectivity index (χ4v) is 4.78. The van der Waals surface area contributed by atoms with E-state index in [9.17, 15) is 14.7 Å². The van der Waals surface area contributed by atoms with E-state index in [1.807, 2.05) is 84.0 Å². The number of carbonyl (C=O) groups excluding carboxylic acids is 1. The largest absolute Gasteiger partial charge is 0.478 e. The summed E-state index contributed by atoms with van der Waals surface area (Å²) < 4.78 is 1.96. The highest BCUT2D eigenvalue weighted by molar-refractivity contribution is 5.99. The van der Waals surface area contributed by atoms with E-state index in [1.54, 1.807) is 0 Å². The van der Waals surface area contributed by atoms with E-state index in [1.165, 1.54) is 0 Å². The minimum atomic E-state index is -0.973. The quantitative estimate of drug-likeness (QED) is 0.418. The van der Waals surface area contributed by atoms with E-state index in [0.717, 1.165) is 54.0 Å². The lowest BCUT2D eigenvalue weighted by atomic mass is 9.94. The Labute approximate surface area is 197 Å². The van der Waals surface area contributed by atoms with Crippen molar-refractivity contribution in [3.63, 3.8) is 0 Å². The molecule has 5 rings (SSSR count). The van der Waals surface area contributed by atoms with Gasteiger partial charge in [0.2, 0.25) is 0 Å². The lowest BCUT2D eigenvalue weighted by molar-refractivity contribution is 0.0697. The molecule has 0 saturated carbocycles. The second-order valence-electron chi connectivity index (χ2n) is 8.63. The molecule has 7 nitrogen and oxygen atoms in total. The first-order valence-corrected chi connectivity index (χ1v) is 11.4. The van der Waals surface area contributed by atoms with Gasteiger partial charge in [-0.25, -0.2) is 14.6 Å². The highest BCUT2D eigenvalue weighted by atomic mass is 16.4. The number of urea groups is 1. The third-order valence-electron chi connectivity index (χ3n) is 6.44. The number of carboxylic acid groups (broad SMARTS) is 1. The number of benzene rings is 3. The Bertz CT molecular complexity index is 1400. The van der Waals surface area contributed by atoms with Crippen molar-refractivity contribution in [3.05, 3.63) is 77.6 Å². The molecular formula is C27H26N4O3. The fourth-order valence-electron chi connectivity index (χ4n) is 4.78. The number of carbonyl (C=O) groups is 2. The number of rotatable bonds is 4. The van der Waals surface area contributed by atoms with E-state index in [4.69, 9.17) is 0 Å². The number of likely N-dealkylation sites (tertiary alicyclic amines) is 1. The molecule has 2 amide bonds. The van der Waals surface area contributed by atoms with Gasteiger partial charge in [0.25, 0.3) is 0 Å². The highest BCUT2D eigenvalue weighted by Gasteiger charge is 2.21. The second kappa shape index (κ2) is 8.67. The predicted octanol–water partition coefficient (Wildman–Crippen LogP) is 5.64. The molecule has 1 aliphatic rings. The first-order chi connectivity index (χ1) is 16.4. The lowest BCUT2D eigenvalue weighted by Gasteiger charge is -2.17. The molecule has 2 heterocycles. The number of hydrogen-bond donors (Lipinski definition) is 2. The number of nitrogens with one attached hydrogen (secondary N) is 1. The standard InChI is InChI=1S/C27H26N4O3/c1-17-23(13-11-21(25(17)26(32)33)19-8-4-3-5-9-19)31-18(2)28-22-12-10-20(16-24(22)31)29-27(34)30-14-6-7-15-30/h3-5,8-13,16H,6-7,14-15H2,1-2H3,(H,29,34)(H,32,33). The summed E-state index contributed by atoms with van der Waals surface area (Å²) in [5.41, 5.74) is 5.47. The molecule has 4 aromatic rings. The van der Waals surface area contributed by atoms with Crippen LogP contribution in [0.2, 0.25) is 0 Å². The van der Waals surface area contributed by atoms with Gasteiger partial charge in [0, 0.05) is 18.8 Å². The predicted molar refractivity (Wildman–Crippen MR) is 133 cm³/mol. The van der Waals surface area contributed by atoms with Gasteiger partial charge < -0.3 is 15.3 Å². The van der Waals surface area contributed by atoms with E-state index in [0.29, 0.717) is 16.8 Å². The SMILES string of the molecule is Cc1c(-n2c(C)nc3ccc(NC(=O)N4CCCC4)cc32)ccc(-c2ccccc2)c1C(=O)O. The average Bonchev–Trinajstić information content (AvgIpc) is 3.47. The van der Waals surface area contributed by atoms with Crippen LogP contribution in [0.4, 0.5) is 10.5 Å². The van der Waals surface area contributed by atoms with E-state index < -0.39 is 5.97 Å². The van der Waals surface area contributed by atoms with Crippen molar-refractivity contribution in [2.45, 2.75) is 26.7 Å². The van der Waals surface area contributed by atoms with Crippen molar-refractivity contribution in [1.29, 1.82) is 0 Å². The van der Waals surface area contributed by atoms with Crippen molar-refractivity contribution in [2.24, 2.45) is 0 Å². The zero-order valence-electron chi connectivity index (χ0n) is 19.2. The molecule has 7 heteroatoms. The van der Waals surface area contributed by atoms with E-state index in [-0.39, 0.29) is 11.6 Å². The van der Waals surface area contributed by atoms with Gasteiger partial charge in [0.1, 0.15) is 5.82 Å². The Kier molecular flexibility index (Phi) is 5.53. The molecule has 2 N–H and O–H groups in total. The molecule has 1 fully saturated rings. The summed E-state index contributed by atoms with van der Waals surface area (Å²) in [7, 11) is 0. The fraction of sp³-hybridized carbons (Fsp3) is 0.222. The normalized spacial score (nSPS) is 13.4. The maximum Gasteiger partial charge on any atom is 0.336 e. The van der Waals surface area contributed by atoms with Crippen LogP contribution in [0.5, 0.6) is 0 Å². The van der Waals surface area contributed by atoms with Crippen LogP contribution in [0.3, 0.4) is 0 Å². The van der Waals surface area contributed by atoms with Gasteiger partial charge in [0.05, 0.1) is 22.3 Å². The van der Waals surface area contributed by atoms with Crippen molar-refractivity contribution < 1.29 is 14.7 Å². The van der Waals surface area contributed by atoms with Crippen molar-refractivity contribution in [3.8, 4) is 16.8 Å². The maximum atomic E-state index is 12.6. The summed E-state index contributed by atoms with van der Waals surface area (Å²) in [5.74, 6) is -0.233. The number of aryl methyl sites for hydroxylation is 1. The van der Waals surface area contributed by atoms with Crippen molar-refractivity contribution in [2.75, 3.05) is 18.4 Å². The number of nitrogens with zero attached hydrogens (tertiary/aromatic N) is 3. The number of amides is 2. The topological polar surface area (TPSA) is 87.5 Å². The summed E-state index contributed by atoms with van der Waals surface area (Å²) in [6.45, 7) is 5.27. The number of fused-ring (bicyclic) bond motifs is 1. The third kappa shape index (κ3) is 3.79. The van der Waals surface area contributed by atoms with Crippen LogP contribution in [-0.4, -0.2) is 44.6 Å². The van der Waals surface area contributed by atoms with Gasteiger partial charge >= 0.3 is 12.0 Å². The first kappa shape index (κ1) is 21.7. The monoisotopic (exact) mass is 454 g/mol. The third-order valence-corrected chi connectivity index (χ3v) is 6.44. The van der Waals surface area contributed by atoms with Crippen LogP contribution < -0.4 is 5.32 Å². The molecule has 0 unspecified atom stereocenters. The maximum absolute atomic E-state index is 12.6. The molecule has 0 aliphatic carbocycles. The van der Waals surface area contributed by atoms with Crippen LogP contribution in [-0.2, 0) is 0 Å². The number of hydrogen-bond acceptors (Lipinski definition) is 3. The Morgan fingerprint density at radius 2 is 1.71 bits per heavy atom. The zero-order chi connectivity index (χ0) is 23.8. The van der Waals surface area contributed by atoms with Gasteiger partial charge in [-0.15, -0.1) is 0 Å². The van der Waals surface area contributed by atoms with Crippen LogP contribution in [0, 0.1) is 13.8 Å². The minimum absolute atomic E-state index is 0.101. The number of aromatic carboxylic acids is 1. The highest BCUT2D eigenvalue weighted by Crippen LogP contribution is 2.33. The van der Waals surface area contributed by atoms with Gasteiger partial charge in [0.15, 0.2) is 0 Å². The summed E-state index contributed by atoms with van der Waals surface area (Å²) in [6.07, 6.45) is 2.06. The summed E-state index contributed by atoms with van der Waals surface area (Å²) in [5, 5.41) is 13.1. The second-order valence-corrected chi connectivity index (χ2v) is 8.63. The van der Waals surface area contributed by atoms with Crippen molar-refractivity contribution in [1.82, 2.24) is 14.5 Å². The Balaban J connectivity index is 1.61.